The molecule has 1 aliphatic carbocycles. The maximum absolute atomic E-state index is 14.7. The van der Waals surface area contributed by atoms with E-state index in [1.165, 1.54) is 17.0 Å². The van der Waals surface area contributed by atoms with E-state index < -0.39 is 11.8 Å². The molecule has 0 bridgehead atoms. The molecule has 28 heavy (non-hydrogen) atoms. The number of hydrogen-bond donors (Lipinski definition) is 1. The minimum atomic E-state index is -0.563. The molecule has 4 rings (SSSR count). The lowest BCUT2D eigenvalue weighted by atomic mass is 10.1. The number of carbonyl (C=O) groups is 1. The van der Waals surface area contributed by atoms with Gasteiger partial charge in [-0.05, 0) is 71.7 Å². The molecule has 8 heteroatoms. The minimum absolute atomic E-state index is 0.122. The number of hydrogen-bond acceptors (Lipinski definition) is 4. The molecule has 1 fully saturated rings. The summed E-state index contributed by atoms with van der Waals surface area (Å²) in [6.07, 6.45) is 6.80. The Morgan fingerprint density at radius 3 is 2.82 bits per heavy atom. The summed E-state index contributed by atoms with van der Waals surface area (Å²) in [6, 6.07) is 8.24. The van der Waals surface area contributed by atoms with Gasteiger partial charge in [0.05, 0.1) is 40.6 Å². The zero-order chi connectivity index (χ0) is 19.7. The molecular formula is C20H16ClFIN3O2. The predicted molar refractivity (Wildman–Crippen MR) is 114 cm³/mol. The standard InChI is InChI=1S/C20H16ClFIN3O2/c21-15-7-13(23)3-4-17(15)25-18-9-19(26-6-5-24-11-26)16(22)8-14(18)20(27)28-10-12-1-2-12/h3-9,11-12,25H,1-2,10H2. The summed E-state index contributed by atoms with van der Waals surface area (Å²) >= 11 is 8.48. The monoisotopic (exact) mass is 511 g/mol. The van der Waals surface area contributed by atoms with Crippen LogP contribution in [-0.2, 0) is 4.74 Å². The fraction of sp³-hybridized carbons (Fsp3) is 0.200. The van der Waals surface area contributed by atoms with E-state index in [0.717, 1.165) is 16.4 Å². The van der Waals surface area contributed by atoms with Crippen LogP contribution in [0.5, 0.6) is 0 Å². The normalized spacial score (nSPS) is 13.4. The molecule has 1 N–H and O–H groups in total. The number of benzene rings is 2. The molecule has 0 spiro atoms. The Labute approximate surface area is 180 Å². The average molecular weight is 512 g/mol. The van der Waals surface area contributed by atoms with Gasteiger partial charge < -0.3 is 14.6 Å². The van der Waals surface area contributed by atoms with Gasteiger partial charge in [0.1, 0.15) is 5.82 Å². The second kappa shape index (κ2) is 8.08. The van der Waals surface area contributed by atoms with Gasteiger partial charge in [-0.2, -0.15) is 0 Å². The Morgan fingerprint density at radius 1 is 1.32 bits per heavy atom. The van der Waals surface area contributed by atoms with Crippen LogP contribution in [0.1, 0.15) is 23.2 Å². The van der Waals surface area contributed by atoms with Crippen LogP contribution in [-0.4, -0.2) is 22.1 Å². The fourth-order valence-electron chi connectivity index (χ4n) is 2.73. The van der Waals surface area contributed by atoms with Crippen molar-refractivity contribution in [1.29, 1.82) is 0 Å². The van der Waals surface area contributed by atoms with Gasteiger partial charge in [-0.25, -0.2) is 14.2 Å². The van der Waals surface area contributed by atoms with Crippen molar-refractivity contribution in [3.8, 4) is 5.69 Å². The lowest BCUT2D eigenvalue weighted by molar-refractivity contribution is 0.0487. The largest absolute Gasteiger partial charge is 0.462 e. The van der Waals surface area contributed by atoms with E-state index in [9.17, 15) is 9.18 Å². The first kappa shape index (κ1) is 19.2. The third-order valence-electron chi connectivity index (χ3n) is 4.44. The summed E-state index contributed by atoms with van der Waals surface area (Å²) in [6.45, 7) is 0.355. The van der Waals surface area contributed by atoms with Crippen molar-refractivity contribution in [2.75, 3.05) is 11.9 Å². The number of esters is 1. The lowest BCUT2D eigenvalue weighted by Crippen LogP contribution is -2.12. The summed E-state index contributed by atoms with van der Waals surface area (Å²) < 4.78 is 22.6. The molecular weight excluding hydrogens is 496 g/mol. The van der Waals surface area contributed by atoms with E-state index in [1.54, 1.807) is 24.5 Å². The predicted octanol–water partition coefficient (Wildman–Crippen LogP) is 5.58. The van der Waals surface area contributed by atoms with Crippen molar-refractivity contribution in [2.45, 2.75) is 12.8 Å². The average Bonchev–Trinajstić information content (AvgIpc) is 3.34. The van der Waals surface area contributed by atoms with E-state index in [1.807, 2.05) is 12.1 Å². The van der Waals surface area contributed by atoms with Crippen LogP contribution >= 0.6 is 34.2 Å². The van der Waals surface area contributed by atoms with Crippen molar-refractivity contribution in [3.63, 3.8) is 0 Å². The molecule has 3 aromatic rings. The third-order valence-corrected chi connectivity index (χ3v) is 5.42. The number of nitrogens with zero attached hydrogens (tertiary/aromatic N) is 2. The highest BCUT2D eigenvalue weighted by Crippen LogP contribution is 2.33. The molecule has 1 aromatic heterocycles. The Bertz CT molecular complexity index is 1020. The Balaban J connectivity index is 1.72. The number of halogens is 3. The van der Waals surface area contributed by atoms with Gasteiger partial charge in [-0.3, -0.25) is 0 Å². The molecule has 0 atom stereocenters. The van der Waals surface area contributed by atoms with Gasteiger partial charge in [0.2, 0.25) is 0 Å². The van der Waals surface area contributed by atoms with Gasteiger partial charge in [0.25, 0.3) is 0 Å². The van der Waals surface area contributed by atoms with Crippen molar-refractivity contribution < 1.29 is 13.9 Å². The molecule has 0 amide bonds. The van der Waals surface area contributed by atoms with E-state index in [-0.39, 0.29) is 11.3 Å². The number of anilines is 2. The molecule has 0 aliphatic heterocycles. The quantitative estimate of drug-likeness (QED) is 0.347. The summed E-state index contributed by atoms with van der Waals surface area (Å²) in [4.78, 5) is 16.5. The van der Waals surface area contributed by atoms with Crippen LogP contribution in [0.4, 0.5) is 15.8 Å². The maximum atomic E-state index is 14.7. The molecule has 0 saturated heterocycles. The Hall–Kier alpha value is -2.13. The van der Waals surface area contributed by atoms with Crippen LogP contribution in [0.2, 0.25) is 5.02 Å². The minimum Gasteiger partial charge on any atom is -0.462 e. The molecule has 0 radical (unpaired) electrons. The highest BCUT2D eigenvalue weighted by atomic mass is 127. The van der Waals surface area contributed by atoms with E-state index in [4.69, 9.17) is 16.3 Å². The molecule has 1 aliphatic rings. The van der Waals surface area contributed by atoms with Gasteiger partial charge >= 0.3 is 5.97 Å². The summed E-state index contributed by atoms with van der Waals surface area (Å²) in [5.41, 5.74) is 1.41. The zero-order valence-corrected chi connectivity index (χ0v) is 17.6. The number of nitrogens with one attached hydrogen (secondary N) is 1. The first-order valence-electron chi connectivity index (χ1n) is 8.72. The summed E-state index contributed by atoms with van der Waals surface area (Å²) in [7, 11) is 0. The van der Waals surface area contributed by atoms with Crippen molar-refractivity contribution >= 4 is 51.5 Å². The van der Waals surface area contributed by atoms with Crippen molar-refractivity contribution in [3.05, 3.63) is 69.0 Å². The molecule has 1 saturated carbocycles. The second-order valence-corrected chi connectivity index (χ2v) is 8.26. The highest BCUT2D eigenvalue weighted by molar-refractivity contribution is 14.1. The zero-order valence-electron chi connectivity index (χ0n) is 14.7. The molecule has 1 heterocycles. The lowest BCUT2D eigenvalue weighted by Gasteiger charge is -2.16. The topological polar surface area (TPSA) is 56.2 Å². The van der Waals surface area contributed by atoms with Gasteiger partial charge in [0.15, 0.2) is 0 Å². The highest BCUT2D eigenvalue weighted by Gasteiger charge is 2.25. The number of aromatic nitrogens is 2. The first-order valence-corrected chi connectivity index (χ1v) is 10.2. The van der Waals surface area contributed by atoms with Crippen LogP contribution < -0.4 is 5.32 Å². The molecule has 2 aromatic carbocycles. The van der Waals surface area contributed by atoms with Crippen LogP contribution in [0.3, 0.4) is 0 Å². The van der Waals surface area contributed by atoms with Crippen molar-refractivity contribution in [2.24, 2.45) is 5.92 Å². The molecule has 0 unspecified atom stereocenters. The van der Waals surface area contributed by atoms with E-state index >= 15 is 0 Å². The Morgan fingerprint density at radius 2 is 2.14 bits per heavy atom. The van der Waals surface area contributed by atoms with Gasteiger partial charge in [-0.15, -0.1) is 0 Å². The van der Waals surface area contributed by atoms with Crippen LogP contribution in [0, 0.1) is 15.3 Å². The first-order chi connectivity index (χ1) is 13.5. The Kier molecular flexibility index (Phi) is 5.54. The fourth-order valence-corrected chi connectivity index (χ4v) is 3.63. The summed E-state index contributed by atoms with van der Waals surface area (Å²) in [5.74, 6) is -0.691. The van der Waals surface area contributed by atoms with E-state index in [2.05, 4.69) is 32.9 Å². The van der Waals surface area contributed by atoms with Crippen LogP contribution in [0.15, 0.2) is 49.1 Å². The van der Waals surface area contributed by atoms with E-state index in [0.29, 0.717) is 28.9 Å². The number of ether oxygens (including phenoxy) is 1. The van der Waals surface area contributed by atoms with Gasteiger partial charge in [0, 0.05) is 16.0 Å². The smallest absolute Gasteiger partial charge is 0.340 e. The number of imidazole rings is 1. The summed E-state index contributed by atoms with van der Waals surface area (Å²) in [5, 5.41) is 3.64. The van der Waals surface area contributed by atoms with Crippen LogP contribution in [0.25, 0.3) is 5.69 Å². The van der Waals surface area contributed by atoms with Crippen molar-refractivity contribution in [1.82, 2.24) is 9.55 Å². The SMILES string of the molecule is O=C(OCC1CC1)c1cc(F)c(-n2ccnc2)cc1Nc1ccc(I)cc1Cl. The molecule has 5 nitrogen and oxygen atoms in total. The van der Waals surface area contributed by atoms with Gasteiger partial charge in [-0.1, -0.05) is 11.6 Å². The molecule has 144 valence electrons. The second-order valence-electron chi connectivity index (χ2n) is 6.61. The number of rotatable bonds is 6. The third kappa shape index (κ3) is 4.30. The maximum Gasteiger partial charge on any atom is 0.340 e. The number of carbonyl (C=O) groups excluding carboxylic acids is 1.